The van der Waals surface area contributed by atoms with Gasteiger partial charge in [0.05, 0.1) is 23.8 Å². The van der Waals surface area contributed by atoms with Gasteiger partial charge in [-0.15, -0.1) is 0 Å². The smallest absolute Gasteiger partial charge is 0.244 e. The minimum atomic E-state index is 0.0273. The Kier molecular flexibility index (Phi) is 2.97. The zero-order chi connectivity index (χ0) is 14.1. The summed E-state index contributed by atoms with van der Waals surface area (Å²) in [5, 5.41) is 7.43. The summed E-state index contributed by atoms with van der Waals surface area (Å²) < 4.78 is 5.39. The number of fused-ring (bicyclic) bond motifs is 1. The molecule has 3 aromatic heterocycles. The number of aromatic amines is 1. The Morgan fingerprint density at radius 1 is 1.29 bits per heavy atom. The number of imidazole rings is 1. The number of hydrogen-bond acceptors (Lipinski definition) is 6. The van der Waals surface area contributed by atoms with Crippen LogP contribution in [0.3, 0.4) is 0 Å². The van der Waals surface area contributed by atoms with E-state index in [0.717, 1.165) is 29.9 Å². The fourth-order valence-corrected chi connectivity index (χ4v) is 2.51. The van der Waals surface area contributed by atoms with E-state index in [-0.39, 0.29) is 6.04 Å². The Bertz CT molecular complexity index is 735. The summed E-state index contributed by atoms with van der Waals surface area (Å²) in [7, 11) is 0. The maximum atomic E-state index is 5.39. The van der Waals surface area contributed by atoms with Crippen molar-refractivity contribution >= 4 is 0 Å². The van der Waals surface area contributed by atoms with E-state index < -0.39 is 0 Å². The SMILES string of the molecule is c1cc(Cc2noc(C3Cc4nc[nH]c4CN3)n2)ccn1. The molecule has 0 bridgehead atoms. The molecule has 7 nitrogen and oxygen atoms in total. The number of nitrogens with zero attached hydrogens (tertiary/aromatic N) is 4. The maximum absolute atomic E-state index is 5.39. The number of rotatable bonds is 3. The van der Waals surface area contributed by atoms with E-state index in [1.54, 1.807) is 18.7 Å². The van der Waals surface area contributed by atoms with E-state index in [9.17, 15) is 0 Å². The molecule has 0 radical (unpaired) electrons. The van der Waals surface area contributed by atoms with Crippen molar-refractivity contribution < 1.29 is 4.52 Å². The van der Waals surface area contributed by atoms with Crippen LogP contribution in [0.15, 0.2) is 35.4 Å². The third kappa shape index (κ3) is 2.43. The quantitative estimate of drug-likeness (QED) is 0.749. The van der Waals surface area contributed by atoms with E-state index in [4.69, 9.17) is 4.52 Å². The van der Waals surface area contributed by atoms with Gasteiger partial charge in [0.2, 0.25) is 5.89 Å². The molecular weight excluding hydrogens is 268 g/mol. The van der Waals surface area contributed by atoms with E-state index in [1.165, 1.54) is 0 Å². The van der Waals surface area contributed by atoms with E-state index in [2.05, 4.69) is 30.4 Å². The molecule has 0 spiro atoms. The van der Waals surface area contributed by atoms with E-state index in [0.29, 0.717) is 18.1 Å². The summed E-state index contributed by atoms with van der Waals surface area (Å²) in [5.41, 5.74) is 3.30. The van der Waals surface area contributed by atoms with Crippen LogP contribution in [0.25, 0.3) is 0 Å². The Labute approximate surface area is 120 Å². The lowest BCUT2D eigenvalue weighted by atomic mass is 10.1. The fourth-order valence-electron chi connectivity index (χ4n) is 2.51. The highest BCUT2D eigenvalue weighted by Crippen LogP contribution is 2.22. The normalized spacial score (nSPS) is 17.6. The molecule has 4 rings (SSSR count). The van der Waals surface area contributed by atoms with Gasteiger partial charge in [-0.2, -0.15) is 4.98 Å². The summed E-state index contributed by atoms with van der Waals surface area (Å²) in [6, 6.07) is 3.93. The minimum Gasteiger partial charge on any atom is -0.347 e. The molecule has 0 aromatic carbocycles. The summed E-state index contributed by atoms with van der Waals surface area (Å²) in [4.78, 5) is 15.9. The third-order valence-electron chi connectivity index (χ3n) is 3.62. The van der Waals surface area contributed by atoms with Crippen molar-refractivity contribution in [1.29, 1.82) is 0 Å². The average Bonchev–Trinajstić information content (AvgIpc) is 3.16. The molecule has 21 heavy (non-hydrogen) atoms. The molecular formula is C14H14N6O. The van der Waals surface area contributed by atoms with Crippen molar-refractivity contribution in [2.24, 2.45) is 0 Å². The zero-order valence-electron chi connectivity index (χ0n) is 11.3. The van der Waals surface area contributed by atoms with Crippen LogP contribution in [0.4, 0.5) is 0 Å². The second-order valence-electron chi connectivity index (χ2n) is 5.05. The van der Waals surface area contributed by atoms with Crippen LogP contribution in [-0.4, -0.2) is 25.1 Å². The van der Waals surface area contributed by atoms with Gasteiger partial charge in [-0.1, -0.05) is 5.16 Å². The van der Waals surface area contributed by atoms with Crippen LogP contribution >= 0.6 is 0 Å². The monoisotopic (exact) mass is 282 g/mol. The lowest BCUT2D eigenvalue weighted by Crippen LogP contribution is -2.28. The van der Waals surface area contributed by atoms with Crippen molar-refractivity contribution in [3.05, 3.63) is 59.5 Å². The summed E-state index contributed by atoms with van der Waals surface area (Å²) in [6.07, 6.45) is 6.65. The largest absolute Gasteiger partial charge is 0.347 e. The molecule has 3 aromatic rings. The van der Waals surface area contributed by atoms with Crippen LogP contribution in [0, 0.1) is 0 Å². The standard InChI is InChI=1S/C14H14N6O/c1-3-15-4-2-9(1)5-13-19-14(21-20-13)11-6-10-12(7-16-11)18-8-17-10/h1-4,8,11,16H,5-7H2,(H,17,18). The van der Waals surface area contributed by atoms with Gasteiger partial charge in [0.25, 0.3) is 0 Å². The molecule has 0 aliphatic carbocycles. The van der Waals surface area contributed by atoms with Crippen molar-refractivity contribution in [2.45, 2.75) is 25.4 Å². The predicted octanol–water partition coefficient (Wildman–Crippen LogP) is 1.17. The molecule has 1 aliphatic heterocycles. The molecule has 0 saturated heterocycles. The topological polar surface area (TPSA) is 92.5 Å². The van der Waals surface area contributed by atoms with Gasteiger partial charge in [0.1, 0.15) is 0 Å². The second-order valence-corrected chi connectivity index (χ2v) is 5.05. The number of pyridine rings is 1. The molecule has 1 aliphatic rings. The highest BCUT2D eigenvalue weighted by molar-refractivity contribution is 5.18. The lowest BCUT2D eigenvalue weighted by Gasteiger charge is -2.19. The molecule has 0 fully saturated rings. The van der Waals surface area contributed by atoms with Crippen molar-refractivity contribution in [3.8, 4) is 0 Å². The molecule has 1 atom stereocenters. The molecule has 0 saturated carbocycles. The highest BCUT2D eigenvalue weighted by Gasteiger charge is 2.25. The predicted molar refractivity (Wildman–Crippen MR) is 73.2 cm³/mol. The molecule has 1 unspecified atom stereocenters. The third-order valence-corrected chi connectivity index (χ3v) is 3.62. The van der Waals surface area contributed by atoms with Crippen LogP contribution in [-0.2, 0) is 19.4 Å². The van der Waals surface area contributed by atoms with Gasteiger partial charge in [-0.05, 0) is 17.7 Å². The molecule has 4 heterocycles. The first-order valence-electron chi connectivity index (χ1n) is 6.84. The van der Waals surface area contributed by atoms with Crippen molar-refractivity contribution in [2.75, 3.05) is 0 Å². The number of hydrogen-bond donors (Lipinski definition) is 2. The first kappa shape index (κ1) is 12.2. The Balaban J connectivity index is 1.50. The zero-order valence-corrected chi connectivity index (χ0v) is 11.3. The van der Waals surface area contributed by atoms with Crippen molar-refractivity contribution in [3.63, 3.8) is 0 Å². The summed E-state index contributed by atoms with van der Waals surface area (Å²) >= 11 is 0. The van der Waals surface area contributed by atoms with Gasteiger partial charge in [-0.25, -0.2) is 4.98 Å². The van der Waals surface area contributed by atoms with Gasteiger partial charge in [-0.3, -0.25) is 10.3 Å². The maximum Gasteiger partial charge on any atom is 0.244 e. The fraction of sp³-hybridized carbons (Fsp3) is 0.286. The van der Waals surface area contributed by atoms with Crippen LogP contribution in [0.1, 0.15) is 34.7 Å². The number of aromatic nitrogens is 5. The van der Waals surface area contributed by atoms with Gasteiger partial charge in [0, 0.05) is 31.8 Å². The highest BCUT2D eigenvalue weighted by atomic mass is 16.5. The Morgan fingerprint density at radius 2 is 2.19 bits per heavy atom. The number of nitrogens with one attached hydrogen (secondary N) is 2. The van der Waals surface area contributed by atoms with Gasteiger partial charge < -0.3 is 9.51 Å². The molecule has 0 amide bonds. The lowest BCUT2D eigenvalue weighted by molar-refractivity contribution is 0.317. The van der Waals surface area contributed by atoms with Crippen LogP contribution in [0.2, 0.25) is 0 Å². The van der Waals surface area contributed by atoms with Gasteiger partial charge >= 0.3 is 0 Å². The first-order valence-corrected chi connectivity index (χ1v) is 6.84. The van der Waals surface area contributed by atoms with Gasteiger partial charge in [0.15, 0.2) is 5.82 Å². The number of H-pyrrole nitrogens is 1. The Hall–Kier alpha value is -2.54. The first-order chi connectivity index (χ1) is 10.4. The average molecular weight is 282 g/mol. The Morgan fingerprint density at radius 3 is 3.10 bits per heavy atom. The van der Waals surface area contributed by atoms with Crippen LogP contribution < -0.4 is 5.32 Å². The molecule has 106 valence electrons. The van der Waals surface area contributed by atoms with E-state index >= 15 is 0 Å². The van der Waals surface area contributed by atoms with E-state index in [1.807, 2.05) is 12.1 Å². The molecule has 2 N–H and O–H groups in total. The molecule has 7 heteroatoms. The van der Waals surface area contributed by atoms with Crippen molar-refractivity contribution in [1.82, 2.24) is 30.4 Å². The second kappa shape index (κ2) is 5.10. The summed E-state index contributed by atoms with van der Waals surface area (Å²) in [5.74, 6) is 1.30. The van der Waals surface area contributed by atoms with Crippen LogP contribution in [0.5, 0.6) is 0 Å². The minimum absolute atomic E-state index is 0.0273. The summed E-state index contributed by atoms with van der Waals surface area (Å²) in [6.45, 7) is 0.738.